The Morgan fingerprint density at radius 2 is 1.67 bits per heavy atom. The third-order valence-electron chi connectivity index (χ3n) is 5.55. The van der Waals surface area contributed by atoms with E-state index in [2.05, 4.69) is 9.50 Å². The van der Waals surface area contributed by atoms with E-state index in [0.29, 0.717) is 22.9 Å². The second-order valence-corrected chi connectivity index (χ2v) is 9.58. The van der Waals surface area contributed by atoms with E-state index in [4.69, 9.17) is 16.9 Å². The lowest BCUT2D eigenvalue weighted by molar-refractivity contribution is -0.137. The highest BCUT2D eigenvalue weighted by molar-refractivity contribution is 7.90. The molecule has 12 heteroatoms. The third-order valence-corrected chi connectivity index (χ3v) is 6.82. The highest BCUT2D eigenvalue weighted by Gasteiger charge is 2.33. The van der Waals surface area contributed by atoms with E-state index in [1.54, 1.807) is 24.3 Å². The van der Waals surface area contributed by atoms with Crippen LogP contribution in [0.5, 0.6) is 0 Å². The quantitative estimate of drug-likeness (QED) is 0.353. The number of guanidine groups is 1. The summed E-state index contributed by atoms with van der Waals surface area (Å²) in [6.07, 6.45) is -4.71. The van der Waals surface area contributed by atoms with Crippen molar-refractivity contribution in [3.63, 3.8) is 0 Å². The first kappa shape index (κ1) is 24.9. The van der Waals surface area contributed by atoms with Crippen LogP contribution in [-0.4, -0.2) is 37.5 Å². The van der Waals surface area contributed by atoms with Gasteiger partial charge in [-0.3, -0.25) is 5.41 Å². The Hall–Kier alpha value is -4.19. The summed E-state index contributed by atoms with van der Waals surface area (Å²) in [4.78, 5) is -0.636. The summed E-state index contributed by atoms with van der Waals surface area (Å²) in [5.74, 6) is -0.879. The topological polar surface area (TPSA) is 138 Å². The van der Waals surface area contributed by atoms with Crippen LogP contribution in [0.15, 0.2) is 93.3 Å². The lowest BCUT2D eigenvalue weighted by Gasteiger charge is -2.16. The normalized spacial score (nSPS) is 16.6. The van der Waals surface area contributed by atoms with E-state index >= 15 is 0 Å². The molecule has 1 unspecified atom stereocenters. The average Bonchev–Trinajstić information content (AvgIpc) is 3.30. The van der Waals surface area contributed by atoms with Gasteiger partial charge in [-0.25, -0.2) is 5.01 Å². The molecule has 0 aromatic heterocycles. The number of hydrogen-bond acceptors (Lipinski definition) is 4. The van der Waals surface area contributed by atoms with Crippen molar-refractivity contribution < 1.29 is 21.6 Å². The number of nitrogens with two attached hydrogens (primary N) is 2. The van der Waals surface area contributed by atoms with Crippen molar-refractivity contribution >= 4 is 27.5 Å². The zero-order chi connectivity index (χ0) is 26.1. The zero-order valence-corrected chi connectivity index (χ0v) is 19.5. The Morgan fingerprint density at radius 3 is 2.28 bits per heavy atom. The molecule has 0 fully saturated rings. The molecule has 1 aliphatic rings. The van der Waals surface area contributed by atoms with E-state index < -0.39 is 32.6 Å². The van der Waals surface area contributed by atoms with Gasteiger partial charge in [0.25, 0.3) is 10.0 Å². The van der Waals surface area contributed by atoms with Crippen LogP contribution in [0.2, 0.25) is 0 Å². The van der Waals surface area contributed by atoms with E-state index in [9.17, 15) is 21.6 Å². The molecule has 3 aromatic carbocycles. The number of rotatable bonds is 5. The summed E-state index contributed by atoms with van der Waals surface area (Å²) in [6, 6.07) is 19.4. The molecule has 1 heterocycles. The smallest absolute Gasteiger partial charge is 0.384 e. The van der Waals surface area contributed by atoms with Gasteiger partial charge in [0, 0.05) is 11.5 Å². The number of alkyl halides is 3. The summed E-state index contributed by atoms with van der Waals surface area (Å²) >= 11 is 0. The minimum atomic E-state index is -4.71. The van der Waals surface area contributed by atoms with Crippen LogP contribution in [0, 0.1) is 5.41 Å². The van der Waals surface area contributed by atoms with Crippen molar-refractivity contribution in [3.05, 3.63) is 101 Å². The van der Waals surface area contributed by atoms with Gasteiger partial charge in [-0.1, -0.05) is 60.7 Å². The third kappa shape index (κ3) is 5.23. The standard InChI is InChI=1S/C24H21F3N6O2S/c25-24(26,27)18-7-4-8-19(13-18)36(34,35)32-23(30)33-14-20(15-5-2-1-3-6-15)21(31-33)16-9-11-17(12-10-16)22(28)29/h1-13,20H,14H2,(H3,28,29)(H2,30,32). The molecule has 0 saturated carbocycles. The van der Waals surface area contributed by atoms with E-state index in [1.165, 1.54) is 5.01 Å². The first-order valence-corrected chi connectivity index (χ1v) is 12.0. The number of halogens is 3. The molecule has 0 radical (unpaired) electrons. The Bertz CT molecular complexity index is 1450. The van der Waals surface area contributed by atoms with Gasteiger partial charge in [0.15, 0.2) is 0 Å². The maximum Gasteiger partial charge on any atom is 0.416 e. The zero-order valence-electron chi connectivity index (χ0n) is 18.6. The Morgan fingerprint density at radius 1 is 1.00 bits per heavy atom. The first-order chi connectivity index (χ1) is 17.0. The molecule has 36 heavy (non-hydrogen) atoms. The molecule has 0 amide bonds. The second-order valence-electron chi connectivity index (χ2n) is 7.97. The number of hydrogen-bond donors (Lipinski definition) is 3. The summed E-state index contributed by atoms with van der Waals surface area (Å²) in [7, 11) is -4.54. The molecule has 8 nitrogen and oxygen atoms in total. The number of nitrogens with zero attached hydrogens (tertiary/aromatic N) is 3. The van der Waals surface area contributed by atoms with Crippen LogP contribution in [0.4, 0.5) is 13.2 Å². The van der Waals surface area contributed by atoms with Gasteiger partial charge >= 0.3 is 6.18 Å². The molecular formula is C24H21F3N6O2S. The molecule has 0 bridgehead atoms. The van der Waals surface area contributed by atoms with Crippen molar-refractivity contribution in [1.82, 2.24) is 5.01 Å². The van der Waals surface area contributed by atoms with Crippen molar-refractivity contribution in [2.24, 2.45) is 21.0 Å². The molecule has 1 atom stereocenters. The minimum absolute atomic E-state index is 0.0904. The number of amidine groups is 1. The van der Waals surface area contributed by atoms with Crippen molar-refractivity contribution in [3.8, 4) is 0 Å². The molecule has 0 spiro atoms. The summed E-state index contributed by atoms with van der Waals surface area (Å²) in [5.41, 5.74) is 13.1. The maximum atomic E-state index is 13.0. The molecule has 5 N–H and O–H groups in total. The van der Waals surface area contributed by atoms with Gasteiger partial charge in [0.05, 0.1) is 22.7 Å². The molecule has 1 aliphatic heterocycles. The van der Waals surface area contributed by atoms with Crippen LogP contribution in [0.3, 0.4) is 0 Å². The molecule has 4 rings (SSSR count). The number of nitrogens with one attached hydrogen (secondary N) is 1. The predicted molar refractivity (Wildman–Crippen MR) is 130 cm³/mol. The fourth-order valence-corrected chi connectivity index (χ4v) is 4.70. The molecular weight excluding hydrogens is 493 g/mol. The first-order valence-electron chi connectivity index (χ1n) is 10.6. The van der Waals surface area contributed by atoms with Crippen LogP contribution in [0.25, 0.3) is 0 Å². The van der Waals surface area contributed by atoms with Crippen molar-refractivity contribution in [2.75, 3.05) is 6.54 Å². The summed E-state index contributed by atoms with van der Waals surface area (Å²) in [6.45, 7) is 0.154. The molecule has 186 valence electrons. The van der Waals surface area contributed by atoms with Gasteiger partial charge < -0.3 is 11.5 Å². The summed E-state index contributed by atoms with van der Waals surface area (Å²) in [5, 5.41) is 13.3. The van der Waals surface area contributed by atoms with Crippen molar-refractivity contribution in [1.29, 1.82) is 5.41 Å². The fraction of sp³-hybridized carbons (Fsp3) is 0.125. The van der Waals surface area contributed by atoms with Gasteiger partial charge in [-0.2, -0.15) is 26.7 Å². The van der Waals surface area contributed by atoms with Crippen LogP contribution >= 0.6 is 0 Å². The number of hydrazone groups is 1. The van der Waals surface area contributed by atoms with Gasteiger partial charge in [-0.15, -0.1) is 4.40 Å². The fourth-order valence-electron chi connectivity index (χ4n) is 3.73. The Kier molecular flexibility index (Phi) is 6.55. The van der Waals surface area contributed by atoms with Gasteiger partial charge in [0.2, 0.25) is 5.96 Å². The second kappa shape index (κ2) is 9.46. The van der Waals surface area contributed by atoms with E-state index in [-0.39, 0.29) is 18.3 Å². The van der Waals surface area contributed by atoms with Crippen molar-refractivity contribution in [2.45, 2.75) is 17.0 Å². The average molecular weight is 515 g/mol. The highest BCUT2D eigenvalue weighted by atomic mass is 32.2. The minimum Gasteiger partial charge on any atom is -0.384 e. The predicted octanol–water partition coefficient (Wildman–Crippen LogP) is 3.50. The maximum absolute atomic E-state index is 13.0. The van der Waals surface area contributed by atoms with Gasteiger partial charge in [0.1, 0.15) is 5.84 Å². The summed E-state index contributed by atoms with van der Waals surface area (Å²) < 4.78 is 68.2. The molecule has 0 aliphatic carbocycles. The van der Waals surface area contributed by atoms with Crippen LogP contribution in [0.1, 0.15) is 28.2 Å². The van der Waals surface area contributed by atoms with Crippen LogP contribution in [-0.2, 0) is 16.2 Å². The lowest BCUT2D eigenvalue weighted by Crippen LogP contribution is -2.33. The molecule has 3 aromatic rings. The Balaban J connectivity index is 1.70. The van der Waals surface area contributed by atoms with E-state index in [0.717, 1.165) is 23.8 Å². The molecule has 0 saturated heterocycles. The van der Waals surface area contributed by atoms with Gasteiger partial charge in [-0.05, 0) is 29.3 Å². The van der Waals surface area contributed by atoms with E-state index in [1.807, 2.05) is 30.3 Å². The monoisotopic (exact) mass is 514 g/mol. The number of nitrogen functional groups attached to an aromatic ring is 1. The number of benzene rings is 3. The largest absolute Gasteiger partial charge is 0.416 e. The lowest BCUT2D eigenvalue weighted by atomic mass is 9.90. The van der Waals surface area contributed by atoms with Crippen LogP contribution < -0.4 is 11.5 Å². The highest BCUT2D eigenvalue weighted by Crippen LogP contribution is 2.32. The number of sulfonamides is 1. The SMILES string of the molecule is N=C(N)c1ccc(C2=NN(/C(N)=N/S(=O)(=O)c3cccc(C(F)(F)F)c3)CC2c2ccccc2)cc1. The Labute approximate surface area is 205 Å².